The van der Waals surface area contributed by atoms with Gasteiger partial charge in [0.05, 0.1) is 15.6 Å². The number of likely N-dealkylation sites (N-methyl/N-ethyl adjacent to an activating group) is 1. The molecule has 1 fully saturated rings. The van der Waals surface area contributed by atoms with Crippen molar-refractivity contribution in [2.75, 3.05) is 39.3 Å². The Bertz CT molecular complexity index is 436. The maximum atomic E-state index is 5.68. The lowest BCUT2D eigenvalue weighted by molar-refractivity contribution is 0.138. The fourth-order valence-electron chi connectivity index (χ4n) is 2.37. The smallest absolute Gasteiger partial charge is 0.116 e. The van der Waals surface area contributed by atoms with Crippen molar-refractivity contribution in [1.82, 2.24) is 14.8 Å². The van der Waals surface area contributed by atoms with Crippen LogP contribution in [0.3, 0.4) is 0 Å². The van der Waals surface area contributed by atoms with Crippen molar-refractivity contribution in [2.45, 2.75) is 20.3 Å². The molecule has 2 rings (SSSR count). The molecule has 2 N–H and O–H groups in total. The summed E-state index contributed by atoms with van der Waals surface area (Å²) in [5, 5.41) is 1.15. The molecule has 0 amide bonds. The zero-order chi connectivity index (χ0) is 13.8. The Morgan fingerprint density at radius 1 is 1.32 bits per heavy atom. The third-order valence-corrected chi connectivity index (χ3v) is 5.20. The first-order chi connectivity index (χ1) is 9.10. The monoisotopic (exact) mass is 298 g/mol. The third kappa shape index (κ3) is 3.95. The maximum Gasteiger partial charge on any atom is 0.116 e. The predicted molar refractivity (Wildman–Crippen MR) is 85.0 cm³/mol. The van der Waals surface area contributed by atoms with E-state index in [1.54, 1.807) is 11.3 Å². The van der Waals surface area contributed by atoms with Crippen LogP contribution in [0.4, 0.5) is 0 Å². The molecule has 0 aliphatic carbocycles. The number of piperazine rings is 1. The summed E-state index contributed by atoms with van der Waals surface area (Å²) in [7, 11) is 0. The summed E-state index contributed by atoms with van der Waals surface area (Å²) in [6.45, 7) is 11.2. The van der Waals surface area contributed by atoms with E-state index in [1.165, 1.54) is 26.2 Å². The highest BCUT2D eigenvalue weighted by Crippen LogP contribution is 2.18. The van der Waals surface area contributed by atoms with Gasteiger partial charge in [-0.1, -0.05) is 19.1 Å². The van der Waals surface area contributed by atoms with Gasteiger partial charge < -0.3 is 15.5 Å². The van der Waals surface area contributed by atoms with Crippen LogP contribution in [-0.2, 0) is 6.42 Å². The summed E-state index contributed by atoms with van der Waals surface area (Å²) in [5.74, 6) is 0. The molecule has 2 heterocycles. The Labute approximate surface area is 124 Å². The van der Waals surface area contributed by atoms with Crippen LogP contribution in [0.25, 0.3) is 0 Å². The zero-order valence-corrected chi connectivity index (χ0v) is 13.3. The summed E-state index contributed by atoms with van der Waals surface area (Å²) in [4.78, 5) is 11.0. The second-order valence-electron chi connectivity index (χ2n) is 4.91. The Kier molecular flexibility index (Phi) is 5.27. The van der Waals surface area contributed by atoms with E-state index in [4.69, 9.17) is 18.0 Å². The van der Waals surface area contributed by atoms with E-state index in [1.807, 2.05) is 6.92 Å². The van der Waals surface area contributed by atoms with Gasteiger partial charge in [-0.25, -0.2) is 4.98 Å². The van der Waals surface area contributed by atoms with Gasteiger partial charge in [-0.2, -0.15) is 0 Å². The van der Waals surface area contributed by atoms with E-state index in [-0.39, 0.29) is 0 Å². The lowest BCUT2D eigenvalue weighted by Gasteiger charge is -2.33. The van der Waals surface area contributed by atoms with Crippen molar-refractivity contribution < 1.29 is 0 Å². The van der Waals surface area contributed by atoms with Crippen LogP contribution in [0.2, 0.25) is 0 Å². The molecule has 0 bridgehead atoms. The quantitative estimate of drug-likeness (QED) is 0.829. The Morgan fingerprint density at radius 3 is 2.47 bits per heavy atom. The van der Waals surface area contributed by atoms with Gasteiger partial charge in [-0.15, -0.1) is 11.3 Å². The molecule has 0 spiro atoms. The SMILES string of the molecule is CCN1CCN(CCc2nc(C)c(C(N)=S)s2)CC1. The first-order valence-corrected chi connectivity index (χ1v) is 8.03. The standard InChI is InChI=1S/C13H22N4S2/c1-3-16-6-8-17(9-7-16)5-4-11-15-10(2)12(19-11)13(14)18/h3-9H2,1-2H3,(H2,14,18). The molecule has 4 nitrogen and oxygen atoms in total. The summed E-state index contributed by atoms with van der Waals surface area (Å²) in [6, 6.07) is 0. The number of hydrogen-bond acceptors (Lipinski definition) is 5. The number of rotatable bonds is 5. The van der Waals surface area contributed by atoms with Gasteiger partial charge in [0.15, 0.2) is 0 Å². The maximum absolute atomic E-state index is 5.68. The molecule has 1 aliphatic rings. The third-order valence-electron chi connectivity index (χ3n) is 3.62. The van der Waals surface area contributed by atoms with E-state index in [2.05, 4.69) is 21.7 Å². The lowest BCUT2D eigenvalue weighted by Crippen LogP contribution is -2.46. The number of nitrogens with zero attached hydrogens (tertiary/aromatic N) is 3. The average molecular weight is 298 g/mol. The number of aryl methyl sites for hydroxylation is 1. The minimum atomic E-state index is 0.470. The molecular weight excluding hydrogens is 276 g/mol. The van der Waals surface area contributed by atoms with Gasteiger partial charge in [0, 0.05) is 39.1 Å². The lowest BCUT2D eigenvalue weighted by atomic mass is 10.3. The van der Waals surface area contributed by atoms with Crippen molar-refractivity contribution in [2.24, 2.45) is 5.73 Å². The molecule has 1 aromatic rings. The van der Waals surface area contributed by atoms with Crippen molar-refractivity contribution in [1.29, 1.82) is 0 Å². The van der Waals surface area contributed by atoms with Gasteiger partial charge in [-0.05, 0) is 13.5 Å². The van der Waals surface area contributed by atoms with Gasteiger partial charge >= 0.3 is 0 Å². The van der Waals surface area contributed by atoms with Crippen LogP contribution in [0.1, 0.15) is 22.5 Å². The molecule has 6 heteroatoms. The fraction of sp³-hybridized carbons (Fsp3) is 0.692. The molecule has 1 aromatic heterocycles. The molecule has 0 radical (unpaired) electrons. The van der Waals surface area contributed by atoms with Crippen molar-refractivity contribution in [3.05, 3.63) is 15.6 Å². The van der Waals surface area contributed by atoms with E-state index >= 15 is 0 Å². The average Bonchev–Trinajstić information content (AvgIpc) is 2.78. The largest absolute Gasteiger partial charge is 0.389 e. The molecule has 1 saturated heterocycles. The van der Waals surface area contributed by atoms with Crippen molar-refractivity contribution in [3.63, 3.8) is 0 Å². The van der Waals surface area contributed by atoms with E-state index < -0.39 is 0 Å². The van der Waals surface area contributed by atoms with E-state index in [9.17, 15) is 0 Å². The Morgan fingerprint density at radius 2 is 1.95 bits per heavy atom. The van der Waals surface area contributed by atoms with Gasteiger partial charge in [0.25, 0.3) is 0 Å². The number of thiocarbonyl (C=S) groups is 1. The van der Waals surface area contributed by atoms with Gasteiger partial charge in [0.1, 0.15) is 4.99 Å². The summed E-state index contributed by atoms with van der Waals surface area (Å²) >= 11 is 6.68. The summed E-state index contributed by atoms with van der Waals surface area (Å²) in [5.41, 5.74) is 6.66. The number of aromatic nitrogens is 1. The van der Waals surface area contributed by atoms with Crippen molar-refractivity contribution in [3.8, 4) is 0 Å². The second kappa shape index (κ2) is 6.74. The van der Waals surface area contributed by atoms with Gasteiger partial charge in [0.2, 0.25) is 0 Å². The van der Waals surface area contributed by atoms with Crippen molar-refractivity contribution >= 4 is 28.5 Å². The number of nitrogens with two attached hydrogens (primary N) is 1. The molecular formula is C13H22N4S2. The molecule has 0 unspecified atom stereocenters. The van der Waals surface area contributed by atoms with Crippen LogP contribution < -0.4 is 5.73 Å². The number of thiazole rings is 1. The van der Waals surface area contributed by atoms with Crippen LogP contribution in [0.15, 0.2) is 0 Å². The summed E-state index contributed by atoms with van der Waals surface area (Å²) in [6.07, 6.45) is 1.00. The molecule has 0 aromatic carbocycles. The first kappa shape index (κ1) is 14.8. The highest BCUT2D eigenvalue weighted by atomic mass is 32.1. The summed E-state index contributed by atoms with van der Waals surface area (Å²) < 4.78 is 0. The molecule has 1 aliphatic heterocycles. The van der Waals surface area contributed by atoms with Gasteiger partial charge in [-0.3, -0.25) is 0 Å². The fourth-order valence-corrected chi connectivity index (χ4v) is 3.55. The molecule has 0 atom stereocenters. The number of hydrogen-bond donors (Lipinski definition) is 1. The predicted octanol–water partition coefficient (Wildman–Crippen LogP) is 1.27. The highest BCUT2D eigenvalue weighted by Gasteiger charge is 2.16. The van der Waals surface area contributed by atoms with Crippen LogP contribution >= 0.6 is 23.6 Å². The second-order valence-corrected chi connectivity index (χ2v) is 6.44. The van der Waals surface area contributed by atoms with Crippen LogP contribution in [0, 0.1) is 6.92 Å². The Balaban J connectivity index is 1.83. The molecule has 106 valence electrons. The first-order valence-electron chi connectivity index (χ1n) is 6.81. The van der Waals surface area contributed by atoms with Crippen LogP contribution in [0.5, 0.6) is 0 Å². The Hall–Kier alpha value is -0.560. The van der Waals surface area contributed by atoms with Crippen LogP contribution in [-0.4, -0.2) is 59.0 Å². The minimum Gasteiger partial charge on any atom is -0.389 e. The normalized spacial score (nSPS) is 17.8. The molecule has 0 saturated carbocycles. The zero-order valence-electron chi connectivity index (χ0n) is 11.7. The topological polar surface area (TPSA) is 45.4 Å². The highest BCUT2D eigenvalue weighted by molar-refractivity contribution is 7.81. The molecule has 19 heavy (non-hydrogen) atoms. The van der Waals surface area contributed by atoms with E-state index in [0.717, 1.165) is 35.1 Å². The minimum absolute atomic E-state index is 0.470. The van der Waals surface area contributed by atoms with E-state index in [0.29, 0.717) is 4.99 Å².